The lowest BCUT2D eigenvalue weighted by Crippen LogP contribution is -2.05. The van der Waals surface area contributed by atoms with Gasteiger partial charge < -0.3 is 4.74 Å². The molecule has 0 amide bonds. The molecule has 0 fully saturated rings. The summed E-state index contributed by atoms with van der Waals surface area (Å²) in [5.41, 5.74) is 5.64. The number of benzene rings is 3. The Labute approximate surface area is 131 Å². The third-order valence-electron chi connectivity index (χ3n) is 4.75. The summed E-state index contributed by atoms with van der Waals surface area (Å²) in [5.74, 6) is 0.964. The third-order valence-corrected chi connectivity index (χ3v) is 4.75. The zero-order valence-electron chi connectivity index (χ0n) is 12.9. The second kappa shape index (κ2) is 5.49. The molecule has 0 unspecified atom stereocenters. The maximum atomic E-state index is 5.64. The molecule has 0 saturated carbocycles. The lowest BCUT2D eigenvalue weighted by Gasteiger charge is -2.23. The highest BCUT2D eigenvalue weighted by molar-refractivity contribution is 6.00. The second-order valence-electron chi connectivity index (χ2n) is 6.02. The van der Waals surface area contributed by atoms with Gasteiger partial charge in [0, 0.05) is 5.56 Å². The van der Waals surface area contributed by atoms with E-state index in [9.17, 15) is 0 Å². The monoisotopic (exact) mass is 288 g/mol. The molecule has 0 radical (unpaired) electrons. The molecule has 0 saturated heterocycles. The maximum Gasteiger partial charge on any atom is 0.126 e. The molecular formula is C21H20O. The number of hydrogen-bond donors (Lipinski definition) is 0. The first-order chi connectivity index (χ1) is 10.9. The highest BCUT2D eigenvalue weighted by Gasteiger charge is 2.19. The molecule has 0 heterocycles. The van der Waals surface area contributed by atoms with Crippen LogP contribution in [-0.2, 0) is 12.8 Å². The molecule has 1 heteroatoms. The van der Waals surface area contributed by atoms with Crippen molar-refractivity contribution >= 4 is 10.8 Å². The number of hydrogen-bond acceptors (Lipinski definition) is 1. The number of methoxy groups -OCH3 is 1. The van der Waals surface area contributed by atoms with Crippen LogP contribution in [0.15, 0.2) is 54.6 Å². The topological polar surface area (TPSA) is 9.23 Å². The minimum absolute atomic E-state index is 0.964. The first-order valence-electron chi connectivity index (χ1n) is 8.05. The highest BCUT2D eigenvalue weighted by Crippen LogP contribution is 2.41. The van der Waals surface area contributed by atoms with Gasteiger partial charge in [0.05, 0.1) is 7.11 Å². The maximum absolute atomic E-state index is 5.64. The van der Waals surface area contributed by atoms with Crippen LogP contribution >= 0.6 is 0 Å². The number of aryl methyl sites for hydroxylation is 1. The van der Waals surface area contributed by atoms with Crippen LogP contribution in [0.25, 0.3) is 21.9 Å². The standard InChI is InChI=1S/C21H20O/c1-22-20-13-7-6-12-19(20)21-17-10-4-2-8-15(17)14-16-9-3-5-11-18(16)21/h2,4,6-8,10,12-14H,3,5,9,11H2,1H3. The van der Waals surface area contributed by atoms with Crippen molar-refractivity contribution in [2.45, 2.75) is 25.7 Å². The van der Waals surface area contributed by atoms with Gasteiger partial charge in [0.25, 0.3) is 0 Å². The van der Waals surface area contributed by atoms with Crippen LogP contribution in [0.5, 0.6) is 5.75 Å². The Balaban J connectivity index is 2.11. The first kappa shape index (κ1) is 13.4. The van der Waals surface area contributed by atoms with Crippen LogP contribution in [-0.4, -0.2) is 7.11 Å². The first-order valence-corrected chi connectivity index (χ1v) is 8.05. The average molecular weight is 288 g/mol. The van der Waals surface area contributed by atoms with E-state index in [1.165, 1.54) is 58.7 Å². The van der Waals surface area contributed by atoms with Crippen molar-refractivity contribution in [3.05, 3.63) is 65.7 Å². The smallest absolute Gasteiger partial charge is 0.126 e. The largest absolute Gasteiger partial charge is 0.496 e. The summed E-state index contributed by atoms with van der Waals surface area (Å²) in [6.45, 7) is 0. The van der Waals surface area contributed by atoms with Gasteiger partial charge in [-0.25, -0.2) is 0 Å². The van der Waals surface area contributed by atoms with E-state index in [-0.39, 0.29) is 0 Å². The van der Waals surface area contributed by atoms with Gasteiger partial charge in [-0.1, -0.05) is 48.5 Å². The predicted octanol–water partition coefficient (Wildman–Crippen LogP) is 5.39. The van der Waals surface area contributed by atoms with Crippen LogP contribution < -0.4 is 4.74 Å². The number of para-hydroxylation sites is 1. The van der Waals surface area contributed by atoms with E-state index >= 15 is 0 Å². The van der Waals surface area contributed by atoms with E-state index < -0.39 is 0 Å². The van der Waals surface area contributed by atoms with E-state index in [1.807, 2.05) is 6.07 Å². The zero-order valence-corrected chi connectivity index (χ0v) is 12.9. The molecule has 3 aromatic carbocycles. The minimum atomic E-state index is 0.964. The van der Waals surface area contributed by atoms with E-state index in [2.05, 4.69) is 48.5 Å². The van der Waals surface area contributed by atoms with E-state index in [0.717, 1.165) is 5.75 Å². The Bertz CT molecular complexity index is 832. The Morgan fingerprint density at radius 1 is 0.864 bits per heavy atom. The fourth-order valence-electron chi connectivity index (χ4n) is 3.73. The van der Waals surface area contributed by atoms with Crippen molar-refractivity contribution in [3.8, 4) is 16.9 Å². The highest BCUT2D eigenvalue weighted by atomic mass is 16.5. The summed E-state index contributed by atoms with van der Waals surface area (Å²) >= 11 is 0. The quantitative estimate of drug-likeness (QED) is 0.614. The van der Waals surface area contributed by atoms with Crippen LogP contribution in [0.4, 0.5) is 0 Å². The van der Waals surface area contributed by atoms with Gasteiger partial charge >= 0.3 is 0 Å². The van der Waals surface area contributed by atoms with Gasteiger partial charge in [0.2, 0.25) is 0 Å². The molecule has 0 aliphatic heterocycles. The van der Waals surface area contributed by atoms with Crippen LogP contribution in [0.1, 0.15) is 24.0 Å². The molecule has 110 valence electrons. The lowest BCUT2D eigenvalue weighted by atomic mass is 9.82. The van der Waals surface area contributed by atoms with E-state index in [1.54, 1.807) is 7.11 Å². The van der Waals surface area contributed by atoms with Crippen molar-refractivity contribution in [1.82, 2.24) is 0 Å². The zero-order chi connectivity index (χ0) is 14.9. The molecule has 0 N–H and O–H groups in total. The second-order valence-corrected chi connectivity index (χ2v) is 6.02. The van der Waals surface area contributed by atoms with E-state index in [0.29, 0.717) is 0 Å². The van der Waals surface area contributed by atoms with Crippen molar-refractivity contribution in [3.63, 3.8) is 0 Å². The number of ether oxygens (including phenoxy) is 1. The molecular weight excluding hydrogens is 268 g/mol. The molecule has 0 aromatic heterocycles. The molecule has 1 aliphatic carbocycles. The Kier molecular flexibility index (Phi) is 3.34. The molecule has 1 aliphatic rings. The molecule has 0 bridgehead atoms. The van der Waals surface area contributed by atoms with Gasteiger partial charge in [-0.15, -0.1) is 0 Å². The average Bonchev–Trinajstić information content (AvgIpc) is 2.59. The molecule has 1 nitrogen and oxygen atoms in total. The number of fused-ring (bicyclic) bond motifs is 2. The Morgan fingerprint density at radius 2 is 1.64 bits per heavy atom. The third kappa shape index (κ3) is 2.09. The fraction of sp³-hybridized carbons (Fsp3) is 0.238. The molecule has 0 atom stereocenters. The summed E-state index contributed by atoms with van der Waals surface area (Å²) in [6, 6.07) is 19.5. The van der Waals surface area contributed by atoms with Gasteiger partial charge in [-0.2, -0.15) is 0 Å². The van der Waals surface area contributed by atoms with Gasteiger partial charge in [-0.05, 0) is 59.2 Å². The van der Waals surface area contributed by atoms with Crippen molar-refractivity contribution < 1.29 is 4.74 Å². The predicted molar refractivity (Wildman–Crippen MR) is 92.6 cm³/mol. The summed E-state index contributed by atoms with van der Waals surface area (Å²) in [4.78, 5) is 0. The summed E-state index contributed by atoms with van der Waals surface area (Å²) in [5, 5.41) is 2.68. The molecule has 3 aromatic rings. The van der Waals surface area contributed by atoms with Crippen LogP contribution in [0, 0.1) is 0 Å². The molecule has 22 heavy (non-hydrogen) atoms. The van der Waals surface area contributed by atoms with E-state index in [4.69, 9.17) is 4.74 Å². The normalized spacial score (nSPS) is 13.9. The summed E-state index contributed by atoms with van der Waals surface area (Å²) < 4.78 is 5.64. The van der Waals surface area contributed by atoms with Crippen molar-refractivity contribution in [1.29, 1.82) is 0 Å². The number of rotatable bonds is 2. The van der Waals surface area contributed by atoms with Crippen molar-refractivity contribution in [2.75, 3.05) is 7.11 Å². The SMILES string of the molecule is COc1ccccc1-c1c2c(cc3ccccc13)CCCC2. The molecule has 0 spiro atoms. The Hall–Kier alpha value is -2.28. The fourth-order valence-corrected chi connectivity index (χ4v) is 3.73. The van der Waals surface area contributed by atoms with Gasteiger partial charge in [0.15, 0.2) is 0 Å². The van der Waals surface area contributed by atoms with Gasteiger partial charge in [0.1, 0.15) is 5.75 Å². The minimum Gasteiger partial charge on any atom is -0.496 e. The van der Waals surface area contributed by atoms with Crippen LogP contribution in [0.2, 0.25) is 0 Å². The lowest BCUT2D eigenvalue weighted by molar-refractivity contribution is 0.416. The Morgan fingerprint density at radius 3 is 2.55 bits per heavy atom. The van der Waals surface area contributed by atoms with Crippen LogP contribution in [0.3, 0.4) is 0 Å². The molecule has 4 rings (SSSR count). The summed E-state index contributed by atoms with van der Waals surface area (Å²) in [6.07, 6.45) is 4.96. The summed E-state index contributed by atoms with van der Waals surface area (Å²) in [7, 11) is 1.76. The van der Waals surface area contributed by atoms with Crippen molar-refractivity contribution in [2.24, 2.45) is 0 Å². The van der Waals surface area contributed by atoms with Gasteiger partial charge in [-0.3, -0.25) is 0 Å².